The first-order valence-corrected chi connectivity index (χ1v) is 7.84. The van der Waals surface area contributed by atoms with Gasteiger partial charge in [-0.15, -0.1) is 0 Å². The van der Waals surface area contributed by atoms with E-state index < -0.39 is 0 Å². The van der Waals surface area contributed by atoms with Crippen molar-refractivity contribution in [2.24, 2.45) is 0 Å². The summed E-state index contributed by atoms with van der Waals surface area (Å²) in [6.07, 6.45) is 3.94. The quantitative estimate of drug-likeness (QED) is 0.905. The fourth-order valence-electron chi connectivity index (χ4n) is 3.43. The lowest BCUT2D eigenvalue weighted by Crippen LogP contribution is -2.36. The second kappa shape index (κ2) is 5.43. The number of rotatable bonds is 2. The Hall–Kier alpha value is -0.580. The molecule has 104 valence electrons. The van der Waals surface area contributed by atoms with Gasteiger partial charge in [-0.05, 0) is 59.9 Å². The zero-order valence-electron chi connectivity index (χ0n) is 11.3. The normalized spacial score (nSPS) is 27.6. The van der Waals surface area contributed by atoms with Crippen LogP contribution >= 0.6 is 15.9 Å². The van der Waals surface area contributed by atoms with Crippen LogP contribution in [-0.2, 0) is 6.61 Å². The smallest absolute Gasteiger partial charge is 0.0682 e. The molecule has 0 aliphatic carbocycles. The Kier molecular flexibility index (Phi) is 3.83. The molecule has 2 aliphatic heterocycles. The molecule has 1 aromatic carbocycles. The molecule has 2 fully saturated rings. The maximum atomic E-state index is 9.19. The summed E-state index contributed by atoms with van der Waals surface area (Å²) in [5.74, 6) is 0. The van der Waals surface area contributed by atoms with Crippen molar-refractivity contribution >= 4 is 21.6 Å². The second-order valence-corrected chi connectivity index (χ2v) is 6.58. The molecule has 3 nitrogen and oxygen atoms in total. The van der Waals surface area contributed by atoms with Gasteiger partial charge in [0.1, 0.15) is 0 Å². The van der Waals surface area contributed by atoms with Crippen LogP contribution in [0.4, 0.5) is 5.69 Å². The molecule has 0 saturated carbocycles. The molecule has 3 rings (SSSR count). The summed E-state index contributed by atoms with van der Waals surface area (Å²) in [7, 11) is 2.27. The molecule has 2 aliphatic rings. The monoisotopic (exact) mass is 324 g/mol. The molecule has 2 bridgehead atoms. The van der Waals surface area contributed by atoms with E-state index in [4.69, 9.17) is 0 Å². The number of likely N-dealkylation sites (N-methyl/N-ethyl adjacent to an activating group) is 1. The van der Waals surface area contributed by atoms with Crippen LogP contribution < -0.4 is 4.90 Å². The van der Waals surface area contributed by atoms with E-state index in [0.29, 0.717) is 6.04 Å². The lowest BCUT2D eigenvalue weighted by Gasteiger charge is -2.28. The lowest BCUT2D eigenvalue weighted by atomic mass is 10.1. The molecular weight excluding hydrogens is 304 g/mol. The van der Waals surface area contributed by atoms with Gasteiger partial charge in [0.15, 0.2) is 0 Å². The highest BCUT2D eigenvalue weighted by Gasteiger charge is 2.34. The van der Waals surface area contributed by atoms with Crippen LogP contribution in [0.2, 0.25) is 0 Å². The van der Waals surface area contributed by atoms with Gasteiger partial charge in [0.2, 0.25) is 0 Å². The molecule has 0 aromatic heterocycles. The lowest BCUT2D eigenvalue weighted by molar-refractivity contribution is 0.254. The largest absolute Gasteiger partial charge is 0.392 e. The van der Waals surface area contributed by atoms with Gasteiger partial charge in [0.25, 0.3) is 0 Å². The van der Waals surface area contributed by atoms with E-state index in [-0.39, 0.29) is 6.61 Å². The number of anilines is 1. The second-order valence-electron chi connectivity index (χ2n) is 5.73. The standard InChI is InChI=1S/C15H21BrN2O/c1-17-12-3-4-13(17)9-18(7-6-12)15-5-2-11(10-19)8-14(15)16/h2,5,8,12-13,19H,3-4,6-7,9-10H2,1H3. The van der Waals surface area contributed by atoms with Crippen LogP contribution in [0.3, 0.4) is 0 Å². The minimum Gasteiger partial charge on any atom is -0.392 e. The maximum Gasteiger partial charge on any atom is 0.0682 e. The van der Waals surface area contributed by atoms with Gasteiger partial charge in [-0.3, -0.25) is 4.90 Å². The molecule has 2 saturated heterocycles. The fourth-order valence-corrected chi connectivity index (χ4v) is 4.11. The van der Waals surface area contributed by atoms with Gasteiger partial charge < -0.3 is 10.0 Å². The summed E-state index contributed by atoms with van der Waals surface area (Å²) in [5.41, 5.74) is 2.22. The molecule has 2 heterocycles. The van der Waals surface area contributed by atoms with Gasteiger partial charge in [-0.2, -0.15) is 0 Å². The average molecular weight is 325 g/mol. The van der Waals surface area contributed by atoms with Crippen molar-refractivity contribution in [1.82, 2.24) is 4.90 Å². The molecule has 1 N–H and O–H groups in total. The van der Waals surface area contributed by atoms with Crippen LogP contribution in [0, 0.1) is 0 Å². The third-order valence-corrected chi connectivity index (χ3v) is 5.32. The topological polar surface area (TPSA) is 26.7 Å². The number of hydrogen-bond acceptors (Lipinski definition) is 3. The summed E-state index contributed by atoms with van der Waals surface area (Å²) in [4.78, 5) is 5.06. The number of halogens is 1. The third-order valence-electron chi connectivity index (χ3n) is 4.68. The SMILES string of the molecule is CN1C2CCC1CN(c1ccc(CO)cc1Br)CC2. The Morgan fingerprint density at radius 1 is 1.26 bits per heavy atom. The molecular formula is C15H21BrN2O. The summed E-state index contributed by atoms with van der Waals surface area (Å²) in [6.45, 7) is 2.35. The van der Waals surface area contributed by atoms with E-state index in [0.717, 1.165) is 29.2 Å². The van der Waals surface area contributed by atoms with Crippen molar-refractivity contribution in [2.45, 2.75) is 38.0 Å². The first-order chi connectivity index (χ1) is 9.19. The fraction of sp³-hybridized carbons (Fsp3) is 0.600. The molecule has 0 radical (unpaired) electrons. The van der Waals surface area contributed by atoms with E-state index in [1.807, 2.05) is 12.1 Å². The highest BCUT2D eigenvalue weighted by Crippen LogP contribution is 2.34. The molecule has 0 spiro atoms. The number of fused-ring (bicyclic) bond motifs is 2. The predicted octanol–water partition coefficient (Wildman–Crippen LogP) is 2.61. The zero-order valence-corrected chi connectivity index (χ0v) is 12.9. The van der Waals surface area contributed by atoms with Crippen LogP contribution in [0.15, 0.2) is 22.7 Å². The van der Waals surface area contributed by atoms with E-state index in [2.05, 4.69) is 38.8 Å². The van der Waals surface area contributed by atoms with Crippen molar-refractivity contribution in [3.8, 4) is 0 Å². The van der Waals surface area contributed by atoms with Crippen molar-refractivity contribution in [3.63, 3.8) is 0 Å². The molecule has 4 heteroatoms. The van der Waals surface area contributed by atoms with Gasteiger partial charge in [0.05, 0.1) is 12.3 Å². The van der Waals surface area contributed by atoms with Crippen molar-refractivity contribution in [3.05, 3.63) is 28.2 Å². The van der Waals surface area contributed by atoms with Crippen molar-refractivity contribution in [1.29, 1.82) is 0 Å². The molecule has 2 atom stereocenters. The minimum absolute atomic E-state index is 0.103. The Morgan fingerprint density at radius 3 is 2.79 bits per heavy atom. The van der Waals surface area contributed by atoms with Crippen molar-refractivity contribution in [2.75, 3.05) is 25.0 Å². The Bertz CT molecular complexity index is 465. The molecule has 0 amide bonds. The van der Waals surface area contributed by atoms with Crippen LogP contribution in [0.1, 0.15) is 24.8 Å². The third kappa shape index (κ3) is 2.54. The molecule has 1 aromatic rings. The molecule has 19 heavy (non-hydrogen) atoms. The summed E-state index contributed by atoms with van der Waals surface area (Å²) < 4.78 is 1.10. The van der Waals surface area contributed by atoms with E-state index >= 15 is 0 Å². The first kappa shape index (κ1) is 13.4. The van der Waals surface area contributed by atoms with E-state index in [1.54, 1.807) is 0 Å². The number of aliphatic hydroxyl groups excluding tert-OH is 1. The van der Waals surface area contributed by atoms with Gasteiger partial charge >= 0.3 is 0 Å². The average Bonchev–Trinajstić information content (AvgIpc) is 2.64. The zero-order chi connectivity index (χ0) is 13.4. The Morgan fingerprint density at radius 2 is 2.05 bits per heavy atom. The van der Waals surface area contributed by atoms with Gasteiger partial charge in [-0.25, -0.2) is 0 Å². The maximum absolute atomic E-state index is 9.19. The highest BCUT2D eigenvalue weighted by molar-refractivity contribution is 9.10. The number of hydrogen-bond donors (Lipinski definition) is 1. The van der Waals surface area contributed by atoms with Gasteiger partial charge in [-0.1, -0.05) is 6.07 Å². The summed E-state index contributed by atoms with van der Waals surface area (Å²) in [5, 5.41) is 9.19. The molecule has 2 unspecified atom stereocenters. The van der Waals surface area contributed by atoms with Gasteiger partial charge in [0, 0.05) is 29.6 Å². The Labute approximate surface area is 123 Å². The number of aliphatic hydroxyl groups is 1. The van der Waals surface area contributed by atoms with Crippen molar-refractivity contribution < 1.29 is 5.11 Å². The van der Waals surface area contributed by atoms with E-state index in [1.165, 1.54) is 24.9 Å². The minimum atomic E-state index is 0.103. The number of nitrogens with zero attached hydrogens (tertiary/aromatic N) is 2. The van der Waals surface area contributed by atoms with E-state index in [9.17, 15) is 5.11 Å². The summed E-state index contributed by atoms with van der Waals surface area (Å²) >= 11 is 3.65. The number of benzene rings is 1. The Balaban J connectivity index is 1.82. The first-order valence-electron chi connectivity index (χ1n) is 7.05. The van der Waals surface area contributed by atoms with Crippen LogP contribution in [0.25, 0.3) is 0 Å². The summed E-state index contributed by atoms with van der Waals surface area (Å²) in [6, 6.07) is 7.64. The van der Waals surface area contributed by atoms with Crippen LogP contribution in [0.5, 0.6) is 0 Å². The van der Waals surface area contributed by atoms with Crippen LogP contribution in [-0.4, -0.2) is 42.2 Å². The highest BCUT2D eigenvalue weighted by atomic mass is 79.9. The predicted molar refractivity (Wildman–Crippen MR) is 81.5 cm³/mol.